The van der Waals surface area contributed by atoms with E-state index in [2.05, 4.69) is 36.5 Å². The van der Waals surface area contributed by atoms with E-state index in [-0.39, 0.29) is 12.1 Å². The minimum atomic E-state index is -0.445. The van der Waals surface area contributed by atoms with E-state index in [0.717, 1.165) is 13.0 Å². The topological polar surface area (TPSA) is 41.6 Å². The smallest absolute Gasteiger partial charge is 0.410 e. The van der Waals surface area contributed by atoms with Gasteiger partial charge in [-0.3, -0.25) is 0 Å². The summed E-state index contributed by atoms with van der Waals surface area (Å²) in [5.74, 6) is 0. The number of aryl methyl sites for hydroxylation is 1. The number of ether oxygens (including phenoxy) is 1. The average molecular weight is 290 g/mol. The molecule has 0 aromatic heterocycles. The maximum Gasteiger partial charge on any atom is 0.410 e. The highest BCUT2D eigenvalue weighted by Crippen LogP contribution is 2.20. The van der Waals surface area contributed by atoms with Gasteiger partial charge in [-0.15, -0.1) is 0 Å². The number of rotatable bonds is 2. The lowest BCUT2D eigenvalue weighted by Gasteiger charge is -2.35. The zero-order valence-electron chi connectivity index (χ0n) is 13.5. The van der Waals surface area contributed by atoms with Gasteiger partial charge in [0.2, 0.25) is 0 Å². The standard InChI is InChI=1S/C17H26N2O2/c1-5-13-7-6-8-14(11-13)15-12-19(10-9-18-15)16(20)21-17(2,3)4/h6-8,11,15,18H,5,9-10,12H2,1-4H3. The van der Waals surface area contributed by atoms with Crippen LogP contribution in [0.25, 0.3) is 0 Å². The van der Waals surface area contributed by atoms with Crippen molar-refractivity contribution in [2.45, 2.75) is 45.8 Å². The molecule has 0 radical (unpaired) electrons. The van der Waals surface area contributed by atoms with Crippen molar-refractivity contribution in [3.63, 3.8) is 0 Å². The molecule has 1 amide bonds. The number of carbonyl (C=O) groups is 1. The summed E-state index contributed by atoms with van der Waals surface area (Å²) < 4.78 is 5.47. The minimum absolute atomic E-state index is 0.178. The molecule has 1 fully saturated rings. The Labute approximate surface area is 127 Å². The Balaban J connectivity index is 2.04. The Morgan fingerprint density at radius 3 is 2.86 bits per heavy atom. The Morgan fingerprint density at radius 2 is 2.19 bits per heavy atom. The zero-order chi connectivity index (χ0) is 15.5. The Bertz CT molecular complexity index is 494. The molecule has 116 valence electrons. The first-order chi connectivity index (χ1) is 9.89. The van der Waals surface area contributed by atoms with Crippen molar-refractivity contribution in [1.29, 1.82) is 0 Å². The highest BCUT2D eigenvalue weighted by Gasteiger charge is 2.27. The summed E-state index contributed by atoms with van der Waals surface area (Å²) in [5.41, 5.74) is 2.12. The van der Waals surface area contributed by atoms with Crippen molar-refractivity contribution in [3.8, 4) is 0 Å². The molecule has 0 bridgehead atoms. The summed E-state index contributed by atoms with van der Waals surface area (Å²) in [5, 5.41) is 3.48. The van der Waals surface area contributed by atoms with Crippen molar-refractivity contribution in [2.75, 3.05) is 19.6 Å². The number of hydrogen-bond donors (Lipinski definition) is 1. The van der Waals surface area contributed by atoms with Crippen LogP contribution in [-0.4, -0.2) is 36.2 Å². The molecule has 0 aliphatic carbocycles. The van der Waals surface area contributed by atoms with Crippen LogP contribution in [-0.2, 0) is 11.2 Å². The molecule has 4 nitrogen and oxygen atoms in total. The van der Waals surface area contributed by atoms with E-state index in [0.29, 0.717) is 13.1 Å². The monoisotopic (exact) mass is 290 g/mol. The SMILES string of the molecule is CCc1cccc(C2CN(C(=O)OC(C)(C)C)CCN2)c1. The fraction of sp³-hybridized carbons (Fsp3) is 0.588. The van der Waals surface area contributed by atoms with Gasteiger partial charge in [0, 0.05) is 19.6 Å². The van der Waals surface area contributed by atoms with Gasteiger partial charge in [-0.2, -0.15) is 0 Å². The molecular formula is C17H26N2O2. The van der Waals surface area contributed by atoms with Gasteiger partial charge in [-0.25, -0.2) is 4.79 Å². The van der Waals surface area contributed by atoms with Crippen molar-refractivity contribution in [2.24, 2.45) is 0 Å². The van der Waals surface area contributed by atoms with Crippen LogP contribution in [0.1, 0.15) is 44.9 Å². The summed E-state index contributed by atoms with van der Waals surface area (Å²) in [7, 11) is 0. The predicted molar refractivity (Wildman–Crippen MR) is 84.4 cm³/mol. The molecule has 1 aromatic rings. The van der Waals surface area contributed by atoms with Gasteiger partial charge in [0.15, 0.2) is 0 Å². The minimum Gasteiger partial charge on any atom is -0.444 e. The van der Waals surface area contributed by atoms with Crippen molar-refractivity contribution >= 4 is 6.09 Å². The maximum atomic E-state index is 12.2. The second kappa shape index (κ2) is 6.48. The molecule has 1 aromatic carbocycles. The number of hydrogen-bond acceptors (Lipinski definition) is 3. The first-order valence-corrected chi connectivity index (χ1v) is 7.69. The van der Waals surface area contributed by atoms with E-state index in [4.69, 9.17) is 4.74 Å². The van der Waals surface area contributed by atoms with E-state index in [1.54, 1.807) is 4.90 Å². The van der Waals surface area contributed by atoms with Crippen LogP contribution in [0.2, 0.25) is 0 Å². The molecule has 4 heteroatoms. The van der Waals surface area contributed by atoms with Crippen molar-refractivity contribution < 1.29 is 9.53 Å². The zero-order valence-corrected chi connectivity index (χ0v) is 13.5. The Kier molecular flexibility index (Phi) is 4.88. The molecule has 1 heterocycles. The van der Waals surface area contributed by atoms with E-state index < -0.39 is 5.60 Å². The number of nitrogens with zero attached hydrogens (tertiary/aromatic N) is 1. The van der Waals surface area contributed by atoms with Gasteiger partial charge in [-0.1, -0.05) is 31.2 Å². The lowest BCUT2D eigenvalue weighted by molar-refractivity contribution is 0.0195. The summed E-state index contributed by atoms with van der Waals surface area (Å²) in [6.45, 7) is 9.99. The summed E-state index contributed by atoms with van der Waals surface area (Å²) in [6.07, 6.45) is 0.803. The molecule has 1 N–H and O–H groups in total. The number of carbonyl (C=O) groups excluding carboxylic acids is 1. The molecule has 0 spiro atoms. The number of benzene rings is 1. The fourth-order valence-electron chi connectivity index (χ4n) is 2.50. The van der Waals surface area contributed by atoms with E-state index in [1.807, 2.05) is 20.8 Å². The molecule has 1 atom stereocenters. The van der Waals surface area contributed by atoms with E-state index in [9.17, 15) is 4.79 Å². The fourth-order valence-corrected chi connectivity index (χ4v) is 2.50. The molecule has 0 saturated carbocycles. The molecule has 21 heavy (non-hydrogen) atoms. The first-order valence-electron chi connectivity index (χ1n) is 7.69. The van der Waals surface area contributed by atoms with Crippen molar-refractivity contribution in [3.05, 3.63) is 35.4 Å². The third-order valence-electron chi connectivity index (χ3n) is 3.59. The van der Waals surface area contributed by atoms with Gasteiger partial charge >= 0.3 is 6.09 Å². The van der Waals surface area contributed by atoms with Gasteiger partial charge in [0.05, 0.1) is 6.04 Å². The van der Waals surface area contributed by atoms with Gasteiger partial charge < -0.3 is 15.0 Å². The first kappa shape index (κ1) is 15.8. The van der Waals surface area contributed by atoms with E-state index in [1.165, 1.54) is 11.1 Å². The van der Waals surface area contributed by atoms with Crippen LogP contribution >= 0.6 is 0 Å². The van der Waals surface area contributed by atoms with E-state index >= 15 is 0 Å². The third-order valence-corrected chi connectivity index (χ3v) is 3.59. The highest BCUT2D eigenvalue weighted by molar-refractivity contribution is 5.68. The molecule has 2 rings (SSSR count). The molecule has 1 saturated heterocycles. The van der Waals surface area contributed by atoms with Crippen LogP contribution in [0.5, 0.6) is 0 Å². The molecular weight excluding hydrogens is 264 g/mol. The summed E-state index contributed by atoms with van der Waals surface area (Å²) in [4.78, 5) is 14.0. The van der Waals surface area contributed by atoms with Gasteiger partial charge in [-0.05, 0) is 38.3 Å². The maximum absolute atomic E-state index is 12.2. The number of nitrogens with one attached hydrogen (secondary N) is 1. The largest absolute Gasteiger partial charge is 0.444 e. The molecule has 1 aliphatic heterocycles. The molecule has 1 aliphatic rings. The molecule has 1 unspecified atom stereocenters. The average Bonchev–Trinajstić information content (AvgIpc) is 2.46. The second-order valence-corrected chi connectivity index (χ2v) is 6.53. The van der Waals surface area contributed by atoms with Gasteiger partial charge in [0.25, 0.3) is 0 Å². The predicted octanol–water partition coefficient (Wildman–Crippen LogP) is 3.13. The highest BCUT2D eigenvalue weighted by atomic mass is 16.6. The van der Waals surface area contributed by atoms with Crippen LogP contribution in [0.15, 0.2) is 24.3 Å². The normalized spacial score (nSPS) is 19.4. The van der Waals surface area contributed by atoms with Crippen LogP contribution in [0.4, 0.5) is 4.79 Å². The lowest BCUT2D eigenvalue weighted by atomic mass is 10.0. The van der Waals surface area contributed by atoms with Gasteiger partial charge in [0.1, 0.15) is 5.60 Å². The quantitative estimate of drug-likeness (QED) is 0.910. The van der Waals surface area contributed by atoms with Crippen LogP contribution in [0.3, 0.4) is 0 Å². The van der Waals surface area contributed by atoms with Crippen molar-refractivity contribution in [1.82, 2.24) is 10.2 Å². The van der Waals surface area contributed by atoms with Crippen LogP contribution < -0.4 is 5.32 Å². The van der Waals surface area contributed by atoms with Crippen LogP contribution in [0, 0.1) is 0 Å². The second-order valence-electron chi connectivity index (χ2n) is 6.53. The third kappa shape index (κ3) is 4.46. The Morgan fingerprint density at radius 1 is 1.43 bits per heavy atom. The summed E-state index contributed by atoms with van der Waals surface area (Å²) >= 11 is 0. The number of piperazine rings is 1. The number of amides is 1. The Hall–Kier alpha value is -1.55. The lowest BCUT2D eigenvalue weighted by Crippen LogP contribution is -2.49. The summed E-state index contributed by atoms with van der Waals surface area (Å²) in [6, 6.07) is 8.74.